The molecule has 2 amide bonds. The molecular formula is C20H24N6O2. The highest BCUT2D eigenvalue weighted by molar-refractivity contribution is 5.95. The average molecular weight is 380 g/mol. The quantitative estimate of drug-likeness (QED) is 0.680. The fourth-order valence-corrected chi connectivity index (χ4v) is 3.69. The largest absolute Gasteiger partial charge is 0.340 e. The Morgan fingerprint density at radius 2 is 2.21 bits per heavy atom. The number of hydrogen-bond acceptors (Lipinski definition) is 4. The molecule has 0 unspecified atom stereocenters. The van der Waals surface area contributed by atoms with E-state index in [2.05, 4.69) is 20.3 Å². The van der Waals surface area contributed by atoms with Gasteiger partial charge in [-0.25, -0.2) is 14.8 Å². The number of rotatable bonds is 4. The number of likely N-dealkylation sites (tertiary alicyclic amines) is 1. The number of ketones is 1. The fraction of sp³-hybridized carbons (Fsp3) is 0.400. The summed E-state index contributed by atoms with van der Waals surface area (Å²) in [6.45, 7) is 3.41. The van der Waals surface area contributed by atoms with Crippen molar-refractivity contribution in [3.8, 4) is 0 Å². The van der Waals surface area contributed by atoms with Crippen LogP contribution < -0.4 is 5.32 Å². The van der Waals surface area contributed by atoms with E-state index in [0.29, 0.717) is 31.3 Å². The summed E-state index contributed by atoms with van der Waals surface area (Å²) in [4.78, 5) is 38.9. The number of aromatic amines is 1. The van der Waals surface area contributed by atoms with Gasteiger partial charge in [0.15, 0.2) is 5.82 Å². The Hall–Kier alpha value is -3.16. The summed E-state index contributed by atoms with van der Waals surface area (Å²) in [7, 11) is 1.81. The molecule has 146 valence electrons. The molecule has 1 aliphatic heterocycles. The number of carbonyl (C=O) groups excluding carboxylic acids is 2. The Morgan fingerprint density at radius 1 is 1.36 bits per heavy atom. The lowest BCUT2D eigenvalue weighted by Gasteiger charge is -2.31. The molecule has 2 N–H and O–H groups in total. The zero-order valence-electron chi connectivity index (χ0n) is 16.1. The van der Waals surface area contributed by atoms with Gasteiger partial charge < -0.3 is 19.8 Å². The molecule has 28 heavy (non-hydrogen) atoms. The molecule has 4 rings (SSSR count). The van der Waals surface area contributed by atoms with E-state index in [1.807, 2.05) is 32.2 Å². The van der Waals surface area contributed by atoms with E-state index in [9.17, 15) is 9.59 Å². The number of benzene rings is 1. The first kappa shape index (κ1) is 18.2. The van der Waals surface area contributed by atoms with Crippen molar-refractivity contribution in [3.63, 3.8) is 0 Å². The number of urea groups is 1. The highest BCUT2D eigenvalue weighted by Gasteiger charge is 2.30. The number of carbonyl (C=O) groups is 2. The second-order valence-corrected chi connectivity index (χ2v) is 7.37. The first-order chi connectivity index (χ1) is 13.5. The van der Waals surface area contributed by atoms with Crippen molar-refractivity contribution < 1.29 is 9.59 Å². The summed E-state index contributed by atoms with van der Waals surface area (Å²) in [5.41, 5.74) is 3.00. The molecule has 1 fully saturated rings. The van der Waals surface area contributed by atoms with Crippen molar-refractivity contribution in [3.05, 3.63) is 47.8 Å². The van der Waals surface area contributed by atoms with Crippen LogP contribution in [0.15, 0.2) is 30.6 Å². The summed E-state index contributed by atoms with van der Waals surface area (Å²) in [6, 6.07) is 5.84. The maximum absolute atomic E-state index is 12.7. The van der Waals surface area contributed by atoms with Crippen LogP contribution in [0.5, 0.6) is 0 Å². The zero-order chi connectivity index (χ0) is 19.7. The Morgan fingerprint density at radius 3 is 3.00 bits per heavy atom. The van der Waals surface area contributed by atoms with Crippen molar-refractivity contribution in [2.75, 3.05) is 13.1 Å². The number of H-pyrrole nitrogens is 1. The minimum atomic E-state index is -0.213. The van der Waals surface area contributed by atoms with Gasteiger partial charge in [0.2, 0.25) is 5.78 Å². The molecule has 3 aromatic rings. The van der Waals surface area contributed by atoms with Crippen molar-refractivity contribution in [1.82, 2.24) is 29.7 Å². The molecular weight excluding hydrogens is 356 g/mol. The van der Waals surface area contributed by atoms with E-state index >= 15 is 0 Å². The minimum absolute atomic E-state index is 0.00217. The van der Waals surface area contributed by atoms with Gasteiger partial charge in [0.1, 0.15) is 5.82 Å². The molecule has 1 saturated heterocycles. The van der Waals surface area contributed by atoms with E-state index in [0.717, 1.165) is 29.4 Å². The molecule has 1 aromatic carbocycles. The summed E-state index contributed by atoms with van der Waals surface area (Å²) in [5, 5.41) is 2.91. The van der Waals surface area contributed by atoms with Crippen LogP contribution in [0, 0.1) is 12.8 Å². The SMILES string of the molecule is Cc1ccc2nc(CNC(=O)N3CCC[C@H](C(=O)c4nccn4C)C3)[nH]c2c1. The van der Waals surface area contributed by atoms with Gasteiger partial charge >= 0.3 is 6.03 Å². The van der Waals surface area contributed by atoms with Crippen molar-refractivity contribution in [1.29, 1.82) is 0 Å². The lowest BCUT2D eigenvalue weighted by atomic mass is 9.93. The third-order valence-electron chi connectivity index (χ3n) is 5.21. The number of aromatic nitrogens is 4. The molecule has 8 nitrogen and oxygen atoms in total. The number of fused-ring (bicyclic) bond motifs is 1. The van der Waals surface area contributed by atoms with Gasteiger partial charge in [-0.05, 0) is 37.5 Å². The van der Waals surface area contributed by atoms with Crippen LogP contribution in [0.25, 0.3) is 11.0 Å². The summed E-state index contributed by atoms with van der Waals surface area (Å²) < 4.78 is 1.73. The molecule has 3 heterocycles. The summed E-state index contributed by atoms with van der Waals surface area (Å²) >= 11 is 0. The molecule has 0 saturated carbocycles. The number of amides is 2. The standard InChI is InChI=1S/C20H24N6O2/c1-13-5-6-15-16(10-13)24-17(23-15)11-22-20(28)26-8-3-4-14(12-26)18(27)19-21-7-9-25(19)2/h5-7,9-10,14H,3-4,8,11-12H2,1-2H3,(H,22,28)(H,23,24)/t14-/m0/s1. The summed E-state index contributed by atoms with van der Waals surface area (Å²) in [6.07, 6.45) is 4.96. The van der Waals surface area contributed by atoms with Crippen LogP contribution in [-0.2, 0) is 13.6 Å². The molecule has 1 aliphatic rings. The van der Waals surface area contributed by atoms with Gasteiger partial charge in [-0.3, -0.25) is 4.79 Å². The number of nitrogens with zero attached hydrogens (tertiary/aromatic N) is 4. The molecule has 2 aromatic heterocycles. The third kappa shape index (κ3) is 3.62. The van der Waals surface area contributed by atoms with E-state index in [4.69, 9.17) is 0 Å². The first-order valence-electron chi connectivity index (χ1n) is 9.51. The van der Waals surface area contributed by atoms with Gasteiger partial charge in [0, 0.05) is 38.4 Å². The predicted molar refractivity (Wildman–Crippen MR) is 105 cm³/mol. The number of piperidine rings is 1. The van der Waals surface area contributed by atoms with Crippen LogP contribution in [0.3, 0.4) is 0 Å². The minimum Gasteiger partial charge on any atom is -0.340 e. The molecule has 0 radical (unpaired) electrons. The second kappa shape index (κ2) is 7.46. The van der Waals surface area contributed by atoms with Crippen LogP contribution in [0.2, 0.25) is 0 Å². The second-order valence-electron chi connectivity index (χ2n) is 7.37. The molecule has 1 atom stereocenters. The van der Waals surface area contributed by atoms with Gasteiger partial charge in [-0.2, -0.15) is 0 Å². The first-order valence-corrected chi connectivity index (χ1v) is 9.51. The van der Waals surface area contributed by atoms with Gasteiger partial charge in [0.05, 0.1) is 17.6 Å². The number of imidazole rings is 2. The monoisotopic (exact) mass is 380 g/mol. The predicted octanol–water partition coefficient (Wildman–Crippen LogP) is 2.41. The number of Topliss-reactive ketones (excluding diaryl/α,β-unsaturated/α-hetero) is 1. The highest BCUT2D eigenvalue weighted by Crippen LogP contribution is 2.20. The van der Waals surface area contributed by atoms with E-state index < -0.39 is 0 Å². The van der Waals surface area contributed by atoms with Crippen LogP contribution in [-0.4, -0.2) is 49.3 Å². The maximum atomic E-state index is 12.7. The number of nitrogens with one attached hydrogen (secondary N) is 2. The van der Waals surface area contributed by atoms with E-state index in [1.165, 1.54) is 0 Å². The number of aryl methyl sites for hydroxylation is 2. The molecule has 8 heteroatoms. The Balaban J connectivity index is 1.37. The maximum Gasteiger partial charge on any atom is 0.317 e. The Bertz CT molecular complexity index is 1020. The Kier molecular flexibility index (Phi) is 4.85. The van der Waals surface area contributed by atoms with Gasteiger partial charge in [-0.1, -0.05) is 6.07 Å². The molecule has 0 spiro atoms. The normalized spacial score (nSPS) is 17.1. The fourth-order valence-electron chi connectivity index (χ4n) is 3.69. The number of hydrogen-bond donors (Lipinski definition) is 2. The van der Waals surface area contributed by atoms with Gasteiger partial charge in [0.25, 0.3) is 0 Å². The molecule has 0 bridgehead atoms. The topological polar surface area (TPSA) is 95.9 Å². The van der Waals surface area contributed by atoms with Gasteiger partial charge in [-0.15, -0.1) is 0 Å². The highest BCUT2D eigenvalue weighted by atomic mass is 16.2. The van der Waals surface area contributed by atoms with E-state index in [-0.39, 0.29) is 17.7 Å². The van der Waals surface area contributed by atoms with Crippen molar-refractivity contribution >= 4 is 22.8 Å². The van der Waals surface area contributed by atoms with Crippen molar-refractivity contribution in [2.24, 2.45) is 13.0 Å². The average Bonchev–Trinajstić information content (AvgIpc) is 3.30. The lowest BCUT2D eigenvalue weighted by molar-refractivity contribution is 0.0831. The summed E-state index contributed by atoms with van der Waals surface area (Å²) in [5.74, 6) is 0.948. The van der Waals surface area contributed by atoms with E-state index in [1.54, 1.807) is 21.9 Å². The molecule has 0 aliphatic carbocycles. The third-order valence-corrected chi connectivity index (χ3v) is 5.21. The smallest absolute Gasteiger partial charge is 0.317 e. The van der Waals surface area contributed by atoms with Crippen molar-refractivity contribution in [2.45, 2.75) is 26.3 Å². The Labute approximate surface area is 163 Å². The zero-order valence-corrected chi connectivity index (χ0v) is 16.1. The van der Waals surface area contributed by atoms with Crippen LogP contribution in [0.4, 0.5) is 4.79 Å². The van der Waals surface area contributed by atoms with Crippen LogP contribution >= 0.6 is 0 Å². The lowest BCUT2D eigenvalue weighted by Crippen LogP contribution is -2.47. The van der Waals surface area contributed by atoms with Crippen LogP contribution in [0.1, 0.15) is 34.8 Å².